The molecule has 0 heterocycles. The van der Waals surface area contributed by atoms with Gasteiger partial charge in [0.15, 0.2) is 5.96 Å². The van der Waals surface area contributed by atoms with Crippen LogP contribution in [0.5, 0.6) is 0 Å². The standard InChI is InChI=1S/C10H15N3O/c11-10(12)13-6-7-14-8-9-4-2-1-3-5-9/h1-5H,6-8H2,(H4,11,12,13). The molecule has 0 aliphatic rings. The van der Waals surface area contributed by atoms with Gasteiger partial charge in [-0.3, -0.25) is 4.99 Å². The van der Waals surface area contributed by atoms with Gasteiger partial charge in [0, 0.05) is 0 Å². The van der Waals surface area contributed by atoms with Crippen LogP contribution in [0.15, 0.2) is 35.3 Å². The molecule has 0 saturated heterocycles. The summed E-state index contributed by atoms with van der Waals surface area (Å²) in [4.78, 5) is 3.80. The van der Waals surface area contributed by atoms with E-state index in [1.165, 1.54) is 0 Å². The first kappa shape index (κ1) is 10.5. The van der Waals surface area contributed by atoms with Crippen molar-refractivity contribution in [3.05, 3.63) is 35.9 Å². The molecule has 76 valence electrons. The Bertz CT molecular complexity index is 281. The van der Waals surface area contributed by atoms with Gasteiger partial charge in [-0.2, -0.15) is 0 Å². The lowest BCUT2D eigenvalue weighted by molar-refractivity contribution is 0.128. The van der Waals surface area contributed by atoms with Crippen molar-refractivity contribution in [1.82, 2.24) is 0 Å². The minimum absolute atomic E-state index is 0.105. The second-order valence-electron chi connectivity index (χ2n) is 2.84. The normalized spacial score (nSPS) is 9.71. The van der Waals surface area contributed by atoms with Crippen LogP contribution in [0, 0.1) is 0 Å². The summed E-state index contributed by atoms with van der Waals surface area (Å²) >= 11 is 0. The number of hydrogen-bond acceptors (Lipinski definition) is 2. The Balaban J connectivity index is 2.14. The topological polar surface area (TPSA) is 73.6 Å². The molecular weight excluding hydrogens is 178 g/mol. The molecule has 0 atom stereocenters. The second kappa shape index (κ2) is 5.99. The molecule has 0 radical (unpaired) electrons. The van der Waals surface area contributed by atoms with Crippen LogP contribution < -0.4 is 11.5 Å². The minimum atomic E-state index is 0.105. The van der Waals surface area contributed by atoms with E-state index in [2.05, 4.69) is 4.99 Å². The minimum Gasteiger partial charge on any atom is -0.375 e. The van der Waals surface area contributed by atoms with Gasteiger partial charge in [-0.1, -0.05) is 30.3 Å². The quantitative estimate of drug-likeness (QED) is 0.405. The lowest BCUT2D eigenvalue weighted by Crippen LogP contribution is -2.23. The summed E-state index contributed by atoms with van der Waals surface area (Å²) in [5.41, 5.74) is 11.5. The molecule has 4 N–H and O–H groups in total. The molecule has 0 spiro atoms. The third-order valence-corrected chi connectivity index (χ3v) is 1.64. The average Bonchev–Trinajstić information content (AvgIpc) is 2.18. The Morgan fingerprint density at radius 1 is 1.21 bits per heavy atom. The highest BCUT2D eigenvalue weighted by atomic mass is 16.5. The molecular formula is C10H15N3O. The lowest BCUT2D eigenvalue weighted by atomic mass is 10.2. The largest absolute Gasteiger partial charge is 0.375 e. The highest BCUT2D eigenvalue weighted by Crippen LogP contribution is 1.99. The number of hydrogen-bond donors (Lipinski definition) is 2. The van der Waals surface area contributed by atoms with Gasteiger partial charge in [-0.25, -0.2) is 0 Å². The van der Waals surface area contributed by atoms with E-state index in [-0.39, 0.29) is 5.96 Å². The van der Waals surface area contributed by atoms with E-state index < -0.39 is 0 Å². The Labute approximate surface area is 83.6 Å². The van der Waals surface area contributed by atoms with Crippen LogP contribution in [-0.2, 0) is 11.3 Å². The third kappa shape index (κ3) is 4.47. The van der Waals surface area contributed by atoms with Crippen LogP contribution in [0.2, 0.25) is 0 Å². The number of nitrogens with zero attached hydrogens (tertiary/aromatic N) is 1. The molecule has 1 rings (SSSR count). The predicted octanol–water partition coefficient (Wildman–Crippen LogP) is 0.477. The van der Waals surface area contributed by atoms with E-state index in [4.69, 9.17) is 16.2 Å². The van der Waals surface area contributed by atoms with Gasteiger partial charge in [-0.15, -0.1) is 0 Å². The zero-order valence-electron chi connectivity index (χ0n) is 8.02. The lowest BCUT2D eigenvalue weighted by Gasteiger charge is -2.01. The fourth-order valence-electron chi connectivity index (χ4n) is 1.00. The number of guanidine groups is 1. The monoisotopic (exact) mass is 193 g/mol. The van der Waals surface area contributed by atoms with Crippen molar-refractivity contribution in [1.29, 1.82) is 0 Å². The van der Waals surface area contributed by atoms with Crippen molar-refractivity contribution < 1.29 is 4.74 Å². The van der Waals surface area contributed by atoms with Crippen LogP contribution in [0.4, 0.5) is 0 Å². The smallest absolute Gasteiger partial charge is 0.185 e. The summed E-state index contributed by atoms with van der Waals surface area (Å²) in [5.74, 6) is 0.105. The molecule has 0 aromatic heterocycles. The molecule has 4 nitrogen and oxygen atoms in total. The molecule has 0 fully saturated rings. The van der Waals surface area contributed by atoms with Crippen molar-refractivity contribution in [3.63, 3.8) is 0 Å². The van der Waals surface area contributed by atoms with Crippen LogP contribution >= 0.6 is 0 Å². The third-order valence-electron chi connectivity index (χ3n) is 1.64. The van der Waals surface area contributed by atoms with Crippen molar-refractivity contribution in [3.8, 4) is 0 Å². The average molecular weight is 193 g/mol. The predicted molar refractivity (Wildman–Crippen MR) is 56.8 cm³/mol. The first-order valence-electron chi connectivity index (χ1n) is 4.46. The van der Waals surface area contributed by atoms with Crippen LogP contribution in [-0.4, -0.2) is 19.1 Å². The van der Waals surface area contributed by atoms with E-state index in [9.17, 15) is 0 Å². The SMILES string of the molecule is NC(N)=NCCOCc1ccccc1. The van der Waals surface area contributed by atoms with Crippen molar-refractivity contribution in [2.45, 2.75) is 6.61 Å². The van der Waals surface area contributed by atoms with E-state index >= 15 is 0 Å². The zero-order valence-corrected chi connectivity index (χ0v) is 8.02. The molecule has 1 aromatic rings. The summed E-state index contributed by atoms with van der Waals surface area (Å²) in [6.45, 7) is 1.64. The van der Waals surface area contributed by atoms with Gasteiger partial charge in [0.05, 0.1) is 19.8 Å². The summed E-state index contributed by atoms with van der Waals surface area (Å²) < 4.78 is 5.35. The number of aliphatic imine (C=N–C) groups is 1. The first-order chi connectivity index (χ1) is 6.79. The van der Waals surface area contributed by atoms with Crippen molar-refractivity contribution in [2.75, 3.05) is 13.2 Å². The summed E-state index contributed by atoms with van der Waals surface area (Å²) in [6, 6.07) is 9.97. The number of nitrogens with two attached hydrogens (primary N) is 2. The van der Waals surface area contributed by atoms with E-state index in [1.54, 1.807) is 0 Å². The van der Waals surface area contributed by atoms with Gasteiger partial charge in [-0.05, 0) is 5.56 Å². The van der Waals surface area contributed by atoms with Gasteiger partial charge in [0.1, 0.15) is 0 Å². The number of benzene rings is 1. The van der Waals surface area contributed by atoms with Crippen molar-refractivity contribution in [2.24, 2.45) is 16.5 Å². The summed E-state index contributed by atoms with van der Waals surface area (Å²) in [5, 5.41) is 0. The Morgan fingerprint density at radius 2 is 1.93 bits per heavy atom. The van der Waals surface area contributed by atoms with E-state index in [0.29, 0.717) is 19.8 Å². The molecule has 0 unspecified atom stereocenters. The van der Waals surface area contributed by atoms with E-state index in [0.717, 1.165) is 5.56 Å². The van der Waals surface area contributed by atoms with E-state index in [1.807, 2.05) is 30.3 Å². The van der Waals surface area contributed by atoms with Crippen LogP contribution in [0.1, 0.15) is 5.56 Å². The fraction of sp³-hybridized carbons (Fsp3) is 0.300. The first-order valence-corrected chi connectivity index (χ1v) is 4.46. The van der Waals surface area contributed by atoms with Gasteiger partial charge in [0.25, 0.3) is 0 Å². The highest BCUT2D eigenvalue weighted by molar-refractivity contribution is 5.75. The summed E-state index contributed by atoms with van der Waals surface area (Å²) in [6.07, 6.45) is 0. The maximum absolute atomic E-state index is 5.35. The fourth-order valence-corrected chi connectivity index (χ4v) is 1.00. The molecule has 1 aromatic carbocycles. The number of ether oxygens (including phenoxy) is 1. The van der Waals surface area contributed by atoms with Gasteiger partial charge in [0.2, 0.25) is 0 Å². The Kier molecular flexibility index (Phi) is 4.50. The molecule has 0 amide bonds. The molecule has 0 aliphatic carbocycles. The van der Waals surface area contributed by atoms with Crippen molar-refractivity contribution >= 4 is 5.96 Å². The Morgan fingerprint density at radius 3 is 2.57 bits per heavy atom. The maximum atomic E-state index is 5.35. The van der Waals surface area contributed by atoms with Crippen LogP contribution in [0.3, 0.4) is 0 Å². The maximum Gasteiger partial charge on any atom is 0.185 e. The number of rotatable bonds is 5. The van der Waals surface area contributed by atoms with Gasteiger partial charge < -0.3 is 16.2 Å². The van der Waals surface area contributed by atoms with Crippen LogP contribution in [0.25, 0.3) is 0 Å². The summed E-state index contributed by atoms with van der Waals surface area (Å²) in [7, 11) is 0. The Hall–Kier alpha value is -1.55. The molecule has 0 aliphatic heterocycles. The highest BCUT2D eigenvalue weighted by Gasteiger charge is 1.90. The molecule has 4 heteroatoms. The molecule has 0 saturated carbocycles. The second-order valence-corrected chi connectivity index (χ2v) is 2.84. The zero-order chi connectivity index (χ0) is 10.2. The van der Waals surface area contributed by atoms with Gasteiger partial charge >= 0.3 is 0 Å². The molecule has 14 heavy (non-hydrogen) atoms. The molecule has 0 bridgehead atoms.